The summed E-state index contributed by atoms with van der Waals surface area (Å²) in [6, 6.07) is 0. The van der Waals surface area contributed by atoms with E-state index in [1.54, 1.807) is 41.5 Å². The summed E-state index contributed by atoms with van der Waals surface area (Å²) in [5, 5.41) is 0. The fraction of sp³-hybridized carbons (Fsp3) is 0.800. The fourth-order valence-corrected chi connectivity index (χ4v) is 0.500. The Kier molecular flexibility index (Phi) is 3.68. The number of rotatable bonds is 0. The maximum Gasteiger partial charge on any atom is 0.516 e. The van der Waals surface area contributed by atoms with Gasteiger partial charge < -0.3 is 9.47 Å². The number of hydrogen-bond donors (Lipinski definition) is 0. The van der Waals surface area contributed by atoms with Crippen LogP contribution < -0.4 is 0 Å². The van der Waals surface area contributed by atoms with Crippen LogP contribution in [-0.2, 0) is 14.3 Å². The second-order valence-corrected chi connectivity index (χ2v) is 5.10. The molecular formula is C10H18O4. The molecule has 0 heterocycles. The van der Waals surface area contributed by atoms with Gasteiger partial charge in [0.15, 0.2) is 0 Å². The maximum absolute atomic E-state index is 11.2. The monoisotopic (exact) mass is 202 g/mol. The Morgan fingerprint density at radius 2 is 1.36 bits per heavy atom. The molecule has 0 aromatic heterocycles. The number of carbonyl (C=O) groups excluding carboxylic acids is 2. The van der Waals surface area contributed by atoms with E-state index < -0.39 is 23.1 Å². The van der Waals surface area contributed by atoms with Crippen LogP contribution >= 0.6 is 0 Å². The first-order valence-electron chi connectivity index (χ1n) is 4.47. The van der Waals surface area contributed by atoms with Crippen molar-refractivity contribution in [3.05, 3.63) is 0 Å². The van der Waals surface area contributed by atoms with E-state index in [2.05, 4.69) is 4.74 Å². The van der Waals surface area contributed by atoms with Crippen LogP contribution in [0.1, 0.15) is 41.5 Å². The molecule has 0 aliphatic rings. The van der Waals surface area contributed by atoms with Gasteiger partial charge in [-0.25, -0.2) is 4.79 Å². The van der Waals surface area contributed by atoms with E-state index in [1.807, 2.05) is 0 Å². The van der Waals surface area contributed by atoms with Gasteiger partial charge in [-0.2, -0.15) is 0 Å². The Hall–Kier alpha value is -1.06. The average Bonchev–Trinajstić information content (AvgIpc) is 1.79. The summed E-state index contributed by atoms with van der Waals surface area (Å²) in [6.07, 6.45) is -0.947. The third-order valence-electron chi connectivity index (χ3n) is 1.18. The van der Waals surface area contributed by atoms with Gasteiger partial charge in [0.25, 0.3) is 0 Å². The quantitative estimate of drug-likeness (QED) is 0.447. The lowest BCUT2D eigenvalue weighted by Crippen LogP contribution is -2.30. The Morgan fingerprint density at radius 1 is 0.929 bits per heavy atom. The third kappa shape index (κ3) is 5.56. The zero-order valence-electron chi connectivity index (χ0n) is 9.63. The van der Waals surface area contributed by atoms with Crippen LogP contribution in [0.25, 0.3) is 0 Å². The Morgan fingerprint density at radius 3 is 1.64 bits per heavy atom. The predicted molar refractivity (Wildman–Crippen MR) is 51.8 cm³/mol. The van der Waals surface area contributed by atoms with Gasteiger partial charge >= 0.3 is 12.1 Å². The molecule has 0 fully saturated rings. The first-order valence-corrected chi connectivity index (χ1v) is 4.47. The highest BCUT2D eigenvalue weighted by Crippen LogP contribution is 2.16. The second kappa shape index (κ2) is 3.98. The minimum absolute atomic E-state index is 0.591. The second-order valence-electron chi connectivity index (χ2n) is 5.10. The molecular weight excluding hydrogens is 184 g/mol. The SMILES string of the molecule is CC(C)(C)OC(=O)OC(=O)C(C)(C)C. The zero-order valence-corrected chi connectivity index (χ0v) is 9.63. The summed E-state index contributed by atoms with van der Waals surface area (Å²) in [4.78, 5) is 22.3. The summed E-state index contributed by atoms with van der Waals surface area (Å²) >= 11 is 0. The van der Waals surface area contributed by atoms with E-state index in [-0.39, 0.29) is 0 Å². The summed E-state index contributed by atoms with van der Waals surface area (Å²) in [6.45, 7) is 10.1. The fourth-order valence-electron chi connectivity index (χ4n) is 0.500. The average molecular weight is 202 g/mol. The van der Waals surface area contributed by atoms with Crippen LogP contribution in [0.4, 0.5) is 4.79 Å². The first kappa shape index (κ1) is 12.9. The number of carbonyl (C=O) groups is 2. The van der Waals surface area contributed by atoms with E-state index in [1.165, 1.54) is 0 Å². The number of esters is 1. The number of ether oxygens (including phenoxy) is 2. The Balaban J connectivity index is 4.16. The lowest BCUT2D eigenvalue weighted by molar-refractivity contribution is -0.150. The van der Waals surface area contributed by atoms with Gasteiger partial charge in [-0.15, -0.1) is 0 Å². The highest BCUT2D eigenvalue weighted by Gasteiger charge is 2.28. The molecule has 0 aromatic carbocycles. The maximum atomic E-state index is 11.2. The van der Waals surface area contributed by atoms with Gasteiger partial charge in [-0.05, 0) is 41.5 Å². The molecule has 0 saturated heterocycles. The van der Waals surface area contributed by atoms with E-state index in [9.17, 15) is 9.59 Å². The van der Waals surface area contributed by atoms with E-state index in [4.69, 9.17) is 4.74 Å². The minimum Gasteiger partial charge on any atom is -0.428 e. The Labute approximate surface area is 84.6 Å². The Bertz CT molecular complexity index is 229. The molecule has 0 spiro atoms. The lowest BCUT2D eigenvalue weighted by Gasteiger charge is -2.20. The van der Waals surface area contributed by atoms with Crippen LogP contribution in [0.2, 0.25) is 0 Å². The van der Waals surface area contributed by atoms with Crippen LogP contribution in [0.15, 0.2) is 0 Å². The van der Waals surface area contributed by atoms with Crippen molar-refractivity contribution in [3.63, 3.8) is 0 Å². The molecule has 0 aliphatic carbocycles. The predicted octanol–water partition coefficient (Wildman–Crippen LogP) is 2.51. The molecule has 0 amide bonds. The molecule has 0 radical (unpaired) electrons. The van der Waals surface area contributed by atoms with Crippen LogP contribution in [-0.4, -0.2) is 17.7 Å². The van der Waals surface area contributed by atoms with Crippen molar-refractivity contribution < 1.29 is 19.1 Å². The van der Waals surface area contributed by atoms with Crippen molar-refractivity contribution in [1.82, 2.24) is 0 Å². The molecule has 0 saturated carbocycles. The highest BCUT2D eigenvalue weighted by atomic mass is 16.7. The van der Waals surface area contributed by atoms with Gasteiger partial charge in [-0.3, -0.25) is 4.79 Å². The summed E-state index contributed by atoms with van der Waals surface area (Å²) < 4.78 is 9.31. The topological polar surface area (TPSA) is 52.6 Å². The molecule has 0 aliphatic heterocycles. The molecule has 0 unspecified atom stereocenters. The summed E-state index contributed by atoms with van der Waals surface area (Å²) in [5.74, 6) is -0.591. The number of hydrogen-bond acceptors (Lipinski definition) is 4. The van der Waals surface area contributed by atoms with Crippen LogP contribution in [0.3, 0.4) is 0 Å². The van der Waals surface area contributed by atoms with Gasteiger partial charge in [0.1, 0.15) is 5.60 Å². The molecule has 0 N–H and O–H groups in total. The van der Waals surface area contributed by atoms with Gasteiger partial charge in [0.05, 0.1) is 5.41 Å². The van der Waals surface area contributed by atoms with Crippen molar-refractivity contribution >= 4 is 12.1 Å². The van der Waals surface area contributed by atoms with E-state index in [0.29, 0.717) is 0 Å². The molecule has 0 aromatic rings. The summed E-state index contributed by atoms with van der Waals surface area (Å²) in [5.41, 5.74) is -1.34. The van der Waals surface area contributed by atoms with E-state index in [0.717, 1.165) is 0 Å². The first-order chi connectivity index (χ1) is 6.02. The molecule has 4 heteroatoms. The van der Waals surface area contributed by atoms with Gasteiger partial charge in [0.2, 0.25) is 0 Å². The van der Waals surface area contributed by atoms with Crippen molar-refractivity contribution in [2.75, 3.05) is 0 Å². The molecule has 14 heavy (non-hydrogen) atoms. The molecule has 4 nitrogen and oxygen atoms in total. The molecule has 0 rings (SSSR count). The van der Waals surface area contributed by atoms with Gasteiger partial charge in [-0.1, -0.05) is 0 Å². The van der Waals surface area contributed by atoms with Crippen molar-refractivity contribution in [1.29, 1.82) is 0 Å². The highest BCUT2D eigenvalue weighted by molar-refractivity contribution is 5.85. The largest absolute Gasteiger partial charge is 0.516 e. The van der Waals surface area contributed by atoms with Crippen LogP contribution in [0.5, 0.6) is 0 Å². The molecule has 0 atom stereocenters. The van der Waals surface area contributed by atoms with Crippen molar-refractivity contribution in [2.45, 2.75) is 47.1 Å². The molecule has 0 bridgehead atoms. The van der Waals surface area contributed by atoms with Crippen molar-refractivity contribution in [2.24, 2.45) is 5.41 Å². The summed E-state index contributed by atoms with van der Waals surface area (Å²) in [7, 11) is 0. The van der Waals surface area contributed by atoms with Gasteiger partial charge in [0, 0.05) is 0 Å². The van der Waals surface area contributed by atoms with E-state index >= 15 is 0 Å². The van der Waals surface area contributed by atoms with Crippen LogP contribution in [0, 0.1) is 5.41 Å². The smallest absolute Gasteiger partial charge is 0.428 e. The molecule has 82 valence electrons. The van der Waals surface area contributed by atoms with Crippen molar-refractivity contribution in [3.8, 4) is 0 Å². The standard InChI is InChI=1S/C10H18O4/c1-9(2,3)7(11)13-8(12)14-10(4,5)6/h1-6H3. The minimum atomic E-state index is -0.947. The lowest BCUT2D eigenvalue weighted by atomic mass is 9.98. The normalized spacial score (nSPS) is 12.1. The third-order valence-corrected chi connectivity index (χ3v) is 1.18. The zero-order chi connectivity index (χ0) is 11.6.